The molecule has 0 aromatic heterocycles. The molecule has 1 atom stereocenters. The van der Waals surface area contributed by atoms with Crippen LogP contribution >= 0.6 is 0 Å². The Bertz CT molecular complexity index is 219. The van der Waals surface area contributed by atoms with Crippen LogP contribution in [0.2, 0.25) is 0 Å². The molecule has 0 radical (unpaired) electrons. The first-order valence-corrected chi connectivity index (χ1v) is 7.09. The fourth-order valence-electron chi connectivity index (χ4n) is 3.67. The van der Waals surface area contributed by atoms with E-state index in [1.54, 1.807) is 0 Å². The van der Waals surface area contributed by atoms with Crippen molar-refractivity contribution in [3.8, 4) is 0 Å². The summed E-state index contributed by atoms with van der Waals surface area (Å²) >= 11 is 0. The Kier molecular flexibility index (Phi) is 5.03. The molecule has 2 nitrogen and oxygen atoms in total. The van der Waals surface area contributed by atoms with Crippen molar-refractivity contribution >= 4 is 0 Å². The molecule has 1 rings (SSSR count). The summed E-state index contributed by atoms with van der Waals surface area (Å²) in [6.07, 6.45) is 4.23. The molecule has 0 amide bonds. The summed E-state index contributed by atoms with van der Waals surface area (Å²) in [4.78, 5) is 0. The van der Waals surface area contributed by atoms with Gasteiger partial charge in [-0.2, -0.15) is 0 Å². The van der Waals surface area contributed by atoms with E-state index in [-0.39, 0.29) is 0 Å². The smallest absolute Gasteiger partial charge is 0.0671 e. The highest BCUT2D eigenvalue weighted by Crippen LogP contribution is 2.45. The molecule has 17 heavy (non-hydrogen) atoms. The number of rotatable bonds is 5. The van der Waals surface area contributed by atoms with E-state index in [9.17, 15) is 0 Å². The van der Waals surface area contributed by atoms with E-state index in [0.29, 0.717) is 23.0 Å². The Morgan fingerprint density at radius 3 is 2.18 bits per heavy atom. The van der Waals surface area contributed by atoms with Crippen molar-refractivity contribution in [2.24, 2.45) is 10.8 Å². The van der Waals surface area contributed by atoms with Crippen LogP contribution in [0, 0.1) is 10.8 Å². The third-order valence-electron chi connectivity index (χ3n) is 3.70. The standard InChI is InChI=1S/C15H31NO/c1-7-17-12(2)10-16-13-8-14(3,4)11-15(5,6)9-13/h12-13,16H,7-11H2,1-6H3. The van der Waals surface area contributed by atoms with Gasteiger partial charge in [0, 0.05) is 19.2 Å². The molecule has 2 heteroatoms. The largest absolute Gasteiger partial charge is 0.377 e. The van der Waals surface area contributed by atoms with Crippen molar-refractivity contribution in [2.45, 2.75) is 73.0 Å². The van der Waals surface area contributed by atoms with Crippen LogP contribution in [-0.4, -0.2) is 25.3 Å². The van der Waals surface area contributed by atoms with Crippen LogP contribution in [0.5, 0.6) is 0 Å². The lowest BCUT2D eigenvalue weighted by Gasteiger charge is -2.45. The Hall–Kier alpha value is -0.0800. The van der Waals surface area contributed by atoms with Crippen molar-refractivity contribution in [2.75, 3.05) is 13.2 Å². The molecular formula is C15H31NO. The summed E-state index contributed by atoms with van der Waals surface area (Å²) in [5, 5.41) is 3.69. The van der Waals surface area contributed by atoms with Crippen LogP contribution in [0.15, 0.2) is 0 Å². The molecule has 102 valence electrons. The summed E-state index contributed by atoms with van der Waals surface area (Å²) in [7, 11) is 0. The Morgan fingerprint density at radius 2 is 1.71 bits per heavy atom. The topological polar surface area (TPSA) is 21.3 Å². The predicted molar refractivity (Wildman–Crippen MR) is 74.3 cm³/mol. The molecule has 1 fully saturated rings. The third-order valence-corrected chi connectivity index (χ3v) is 3.70. The van der Waals surface area contributed by atoms with E-state index in [2.05, 4.69) is 46.9 Å². The summed E-state index contributed by atoms with van der Waals surface area (Å²) in [6, 6.07) is 0.650. The molecule has 0 bridgehead atoms. The van der Waals surface area contributed by atoms with Gasteiger partial charge in [0.1, 0.15) is 0 Å². The summed E-state index contributed by atoms with van der Waals surface area (Å²) in [5.74, 6) is 0. The zero-order valence-electron chi connectivity index (χ0n) is 12.6. The molecule has 1 N–H and O–H groups in total. The Morgan fingerprint density at radius 1 is 1.18 bits per heavy atom. The number of hydrogen-bond donors (Lipinski definition) is 1. The highest BCUT2D eigenvalue weighted by atomic mass is 16.5. The van der Waals surface area contributed by atoms with E-state index in [4.69, 9.17) is 4.74 Å². The second-order valence-electron chi connectivity index (χ2n) is 7.28. The predicted octanol–water partition coefficient (Wildman–Crippen LogP) is 3.61. The fourth-order valence-corrected chi connectivity index (χ4v) is 3.67. The highest BCUT2D eigenvalue weighted by Gasteiger charge is 2.38. The normalized spacial score (nSPS) is 25.8. The first-order chi connectivity index (χ1) is 7.74. The monoisotopic (exact) mass is 241 g/mol. The molecule has 0 aromatic rings. The third kappa shape index (κ3) is 5.39. The summed E-state index contributed by atoms with van der Waals surface area (Å²) in [6.45, 7) is 15.6. The lowest BCUT2D eigenvalue weighted by molar-refractivity contribution is 0.0537. The van der Waals surface area contributed by atoms with Gasteiger partial charge in [-0.3, -0.25) is 0 Å². The summed E-state index contributed by atoms with van der Waals surface area (Å²) < 4.78 is 5.57. The van der Waals surface area contributed by atoms with Gasteiger partial charge in [0.15, 0.2) is 0 Å². The van der Waals surface area contributed by atoms with E-state index >= 15 is 0 Å². The maximum absolute atomic E-state index is 5.57. The molecule has 1 unspecified atom stereocenters. The second-order valence-corrected chi connectivity index (χ2v) is 7.28. The maximum atomic E-state index is 5.57. The van der Waals surface area contributed by atoms with E-state index in [1.165, 1.54) is 19.3 Å². The molecule has 0 saturated heterocycles. The highest BCUT2D eigenvalue weighted by molar-refractivity contribution is 4.92. The van der Waals surface area contributed by atoms with Gasteiger partial charge in [-0.05, 0) is 43.9 Å². The lowest BCUT2D eigenvalue weighted by Crippen LogP contribution is -2.45. The van der Waals surface area contributed by atoms with Gasteiger partial charge in [0.2, 0.25) is 0 Å². The molecule has 0 aliphatic heterocycles. The zero-order chi connectivity index (χ0) is 13.1. The molecule has 1 saturated carbocycles. The maximum Gasteiger partial charge on any atom is 0.0671 e. The van der Waals surface area contributed by atoms with Crippen LogP contribution in [0.1, 0.15) is 60.8 Å². The average Bonchev–Trinajstić information content (AvgIpc) is 2.10. The fraction of sp³-hybridized carbons (Fsp3) is 1.00. The van der Waals surface area contributed by atoms with Crippen LogP contribution < -0.4 is 5.32 Å². The molecule has 0 aromatic carbocycles. The summed E-state index contributed by atoms with van der Waals surface area (Å²) in [5.41, 5.74) is 0.933. The zero-order valence-corrected chi connectivity index (χ0v) is 12.6. The van der Waals surface area contributed by atoms with Crippen LogP contribution in [0.3, 0.4) is 0 Å². The van der Waals surface area contributed by atoms with Gasteiger partial charge < -0.3 is 10.1 Å². The van der Waals surface area contributed by atoms with E-state index < -0.39 is 0 Å². The molecule has 1 aliphatic rings. The molecule has 1 aliphatic carbocycles. The number of ether oxygens (including phenoxy) is 1. The number of hydrogen-bond acceptors (Lipinski definition) is 2. The minimum Gasteiger partial charge on any atom is -0.377 e. The quantitative estimate of drug-likeness (QED) is 0.794. The second kappa shape index (κ2) is 5.71. The van der Waals surface area contributed by atoms with Crippen molar-refractivity contribution in [1.29, 1.82) is 0 Å². The van der Waals surface area contributed by atoms with Gasteiger partial charge in [0.25, 0.3) is 0 Å². The van der Waals surface area contributed by atoms with Crippen molar-refractivity contribution in [3.05, 3.63) is 0 Å². The minimum absolute atomic E-state index is 0.327. The van der Waals surface area contributed by atoms with Gasteiger partial charge >= 0.3 is 0 Å². The SMILES string of the molecule is CCOC(C)CNC1CC(C)(C)CC(C)(C)C1. The van der Waals surface area contributed by atoms with Crippen molar-refractivity contribution < 1.29 is 4.74 Å². The van der Waals surface area contributed by atoms with Gasteiger partial charge in [-0.25, -0.2) is 0 Å². The molecular weight excluding hydrogens is 210 g/mol. The van der Waals surface area contributed by atoms with Crippen LogP contribution in [-0.2, 0) is 4.74 Å². The number of nitrogens with one attached hydrogen (secondary N) is 1. The Labute approximate surface area is 108 Å². The average molecular weight is 241 g/mol. The molecule has 0 heterocycles. The van der Waals surface area contributed by atoms with Crippen molar-refractivity contribution in [1.82, 2.24) is 5.32 Å². The first-order valence-electron chi connectivity index (χ1n) is 7.09. The Balaban J connectivity index is 2.43. The molecule has 0 spiro atoms. The first kappa shape index (κ1) is 15.0. The van der Waals surface area contributed by atoms with Crippen LogP contribution in [0.4, 0.5) is 0 Å². The van der Waals surface area contributed by atoms with Crippen molar-refractivity contribution in [3.63, 3.8) is 0 Å². The van der Waals surface area contributed by atoms with Crippen LogP contribution in [0.25, 0.3) is 0 Å². The lowest BCUT2D eigenvalue weighted by atomic mass is 9.63. The van der Waals surface area contributed by atoms with Gasteiger partial charge in [-0.15, -0.1) is 0 Å². The van der Waals surface area contributed by atoms with E-state index in [1.807, 2.05) is 0 Å². The van der Waals surface area contributed by atoms with Gasteiger partial charge in [0.05, 0.1) is 6.10 Å². The van der Waals surface area contributed by atoms with E-state index in [0.717, 1.165) is 13.2 Å². The minimum atomic E-state index is 0.327. The van der Waals surface area contributed by atoms with Gasteiger partial charge in [-0.1, -0.05) is 27.7 Å².